The first-order valence-electron chi connectivity index (χ1n) is 8.75. The van der Waals surface area contributed by atoms with E-state index in [0.717, 1.165) is 40.8 Å². The fourth-order valence-electron chi connectivity index (χ4n) is 3.57. The van der Waals surface area contributed by atoms with Gasteiger partial charge in [0.2, 0.25) is 0 Å². The van der Waals surface area contributed by atoms with Crippen molar-refractivity contribution >= 4 is 16.7 Å². The van der Waals surface area contributed by atoms with Gasteiger partial charge in [-0.25, -0.2) is 0 Å². The number of benzene rings is 2. The van der Waals surface area contributed by atoms with E-state index < -0.39 is 0 Å². The number of H-pyrrole nitrogens is 1. The number of morpholine rings is 1. The summed E-state index contributed by atoms with van der Waals surface area (Å²) in [6.07, 6.45) is 0.179. The van der Waals surface area contributed by atoms with Crippen molar-refractivity contribution in [3.05, 3.63) is 60.2 Å². The molecule has 2 aromatic carbocycles. The van der Waals surface area contributed by atoms with Crippen LogP contribution in [0.4, 0.5) is 0 Å². The highest BCUT2D eigenvalue weighted by Gasteiger charge is 2.24. The number of rotatable bonds is 4. The van der Waals surface area contributed by atoms with Crippen molar-refractivity contribution in [1.82, 2.24) is 9.88 Å². The van der Waals surface area contributed by atoms with Gasteiger partial charge in [0.1, 0.15) is 0 Å². The molecule has 1 unspecified atom stereocenters. The van der Waals surface area contributed by atoms with Gasteiger partial charge in [-0.3, -0.25) is 9.69 Å². The fraction of sp³-hybridized carbons (Fsp3) is 0.286. The fourth-order valence-corrected chi connectivity index (χ4v) is 3.57. The van der Waals surface area contributed by atoms with Crippen LogP contribution >= 0.6 is 0 Å². The zero-order valence-corrected chi connectivity index (χ0v) is 14.4. The minimum absolute atomic E-state index is 0.158. The molecule has 0 radical (unpaired) electrons. The normalized spacial score (nSPS) is 18.5. The van der Waals surface area contributed by atoms with Crippen molar-refractivity contribution < 1.29 is 9.53 Å². The largest absolute Gasteiger partial charge is 0.376 e. The van der Waals surface area contributed by atoms with Crippen LogP contribution in [0.15, 0.2) is 54.6 Å². The van der Waals surface area contributed by atoms with Crippen LogP contribution in [0.5, 0.6) is 0 Å². The Hall–Kier alpha value is -2.43. The first kappa shape index (κ1) is 16.1. The summed E-state index contributed by atoms with van der Waals surface area (Å²) in [6.45, 7) is 4.77. The molecule has 0 saturated carbocycles. The molecular weight excluding hydrogens is 312 g/mol. The zero-order chi connectivity index (χ0) is 17.2. The number of fused-ring (bicyclic) bond motifs is 1. The summed E-state index contributed by atoms with van der Waals surface area (Å²) in [5.41, 5.74) is 3.74. The molecule has 1 aromatic heterocycles. The quantitative estimate of drug-likeness (QED) is 0.739. The summed E-state index contributed by atoms with van der Waals surface area (Å²) in [7, 11) is 0. The highest BCUT2D eigenvalue weighted by Crippen LogP contribution is 2.30. The lowest BCUT2D eigenvalue weighted by atomic mass is 10.0. The summed E-state index contributed by atoms with van der Waals surface area (Å²) in [5.74, 6) is 0.158. The van der Waals surface area contributed by atoms with Gasteiger partial charge in [0.25, 0.3) is 0 Å². The molecule has 25 heavy (non-hydrogen) atoms. The predicted octanol–water partition coefficient (Wildman–Crippen LogP) is 3.74. The molecule has 0 aliphatic carbocycles. The summed E-state index contributed by atoms with van der Waals surface area (Å²) in [4.78, 5) is 18.8. The number of aromatic nitrogens is 1. The predicted molar refractivity (Wildman–Crippen MR) is 99.9 cm³/mol. The van der Waals surface area contributed by atoms with E-state index in [1.807, 2.05) is 54.6 Å². The van der Waals surface area contributed by atoms with E-state index >= 15 is 0 Å². The Morgan fingerprint density at radius 1 is 1.16 bits per heavy atom. The van der Waals surface area contributed by atoms with E-state index in [1.54, 1.807) is 0 Å². The van der Waals surface area contributed by atoms with Crippen molar-refractivity contribution in [1.29, 1.82) is 0 Å². The Morgan fingerprint density at radius 2 is 1.92 bits per heavy atom. The molecule has 0 spiro atoms. The SMILES string of the molecule is CC1CN(CC(=O)c2c(-c3ccccc3)[nH]c3ccccc23)CCO1. The number of aromatic amines is 1. The van der Waals surface area contributed by atoms with Gasteiger partial charge in [-0.1, -0.05) is 48.5 Å². The van der Waals surface area contributed by atoms with Crippen molar-refractivity contribution in [3.63, 3.8) is 0 Å². The molecule has 128 valence electrons. The zero-order valence-electron chi connectivity index (χ0n) is 14.4. The Labute approximate surface area is 147 Å². The van der Waals surface area contributed by atoms with Gasteiger partial charge < -0.3 is 9.72 Å². The molecule has 0 amide bonds. The number of carbonyl (C=O) groups excluding carboxylic acids is 1. The maximum Gasteiger partial charge on any atom is 0.179 e. The van der Waals surface area contributed by atoms with Gasteiger partial charge in [0.15, 0.2) is 5.78 Å². The lowest BCUT2D eigenvalue weighted by Gasteiger charge is -2.30. The number of carbonyl (C=O) groups is 1. The number of hydrogen-bond acceptors (Lipinski definition) is 3. The summed E-state index contributed by atoms with van der Waals surface area (Å²) in [5, 5.41) is 0.993. The van der Waals surface area contributed by atoms with Gasteiger partial charge in [0, 0.05) is 24.0 Å². The second-order valence-electron chi connectivity index (χ2n) is 6.63. The highest BCUT2D eigenvalue weighted by molar-refractivity contribution is 6.14. The third kappa shape index (κ3) is 3.23. The number of ether oxygens (including phenoxy) is 1. The van der Waals surface area contributed by atoms with Crippen LogP contribution < -0.4 is 0 Å². The van der Waals surface area contributed by atoms with E-state index in [0.29, 0.717) is 13.2 Å². The molecule has 4 nitrogen and oxygen atoms in total. The van der Waals surface area contributed by atoms with Gasteiger partial charge in [-0.15, -0.1) is 0 Å². The van der Waals surface area contributed by atoms with E-state index in [-0.39, 0.29) is 11.9 Å². The Kier molecular flexibility index (Phi) is 4.38. The van der Waals surface area contributed by atoms with E-state index in [9.17, 15) is 4.79 Å². The molecule has 1 aliphatic rings. The monoisotopic (exact) mass is 334 g/mol. The van der Waals surface area contributed by atoms with Gasteiger partial charge in [-0.2, -0.15) is 0 Å². The van der Waals surface area contributed by atoms with Gasteiger partial charge in [0.05, 0.1) is 30.5 Å². The second kappa shape index (κ2) is 6.82. The highest BCUT2D eigenvalue weighted by atomic mass is 16.5. The molecule has 1 aliphatic heterocycles. The Morgan fingerprint density at radius 3 is 2.72 bits per heavy atom. The van der Waals surface area contributed by atoms with Crippen LogP contribution in [0.3, 0.4) is 0 Å². The molecule has 1 saturated heterocycles. The summed E-state index contributed by atoms with van der Waals surface area (Å²) < 4.78 is 5.58. The first-order chi connectivity index (χ1) is 12.2. The number of ketones is 1. The topological polar surface area (TPSA) is 45.3 Å². The number of Topliss-reactive ketones (excluding diaryl/α,β-unsaturated/α-hetero) is 1. The lowest BCUT2D eigenvalue weighted by molar-refractivity contribution is -0.0158. The van der Waals surface area contributed by atoms with E-state index in [1.165, 1.54) is 0 Å². The number of para-hydroxylation sites is 1. The molecule has 1 fully saturated rings. The van der Waals surface area contributed by atoms with E-state index in [2.05, 4.69) is 16.8 Å². The second-order valence-corrected chi connectivity index (χ2v) is 6.63. The molecule has 1 atom stereocenters. The van der Waals surface area contributed by atoms with Crippen molar-refractivity contribution in [3.8, 4) is 11.3 Å². The number of nitrogens with zero attached hydrogens (tertiary/aromatic N) is 1. The molecule has 2 heterocycles. The van der Waals surface area contributed by atoms with Crippen LogP contribution in [-0.2, 0) is 4.74 Å². The third-order valence-electron chi connectivity index (χ3n) is 4.74. The summed E-state index contributed by atoms with van der Waals surface area (Å²) >= 11 is 0. The molecule has 0 bridgehead atoms. The number of nitrogens with one attached hydrogen (secondary N) is 1. The molecule has 4 rings (SSSR count). The molecule has 1 N–H and O–H groups in total. The van der Waals surface area contributed by atoms with Crippen molar-refractivity contribution in [2.75, 3.05) is 26.2 Å². The van der Waals surface area contributed by atoms with Crippen LogP contribution in [-0.4, -0.2) is 48.0 Å². The molecule has 4 heteroatoms. The van der Waals surface area contributed by atoms with Crippen LogP contribution in [0.1, 0.15) is 17.3 Å². The maximum absolute atomic E-state index is 13.2. The first-order valence-corrected chi connectivity index (χ1v) is 8.75. The minimum Gasteiger partial charge on any atom is -0.376 e. The summed E-state index contributed by atoms with van der Waals surface area (Å²) in [6, 6.07) is 18.1. The van der Waals surface area contributed by atoms with Gasteiger partial charge in [-0.05, 0) is 18.6 Å². The molecule has 3 aromatic rings. The van der Waals surface area contributed by atoms with Crippen LogP contribution in [0.2, 0.25) is 0 Å². The standard InChI is InChI=1S/C21H22N2O2/c1-15-13-23(11-12-25-15)14-19(24)20-17-9-5-6-10-18(17)22-21(20)16-7-3-2-4-8-16/h2-10,15,22H,11-14H2,1H3. The Bertz CT molecular complexity index is 885. The lowest BCUT2D eigenvalue weighted by Crippen LogP contribution is -2.43. The average Bonchev–Trinajstić information content (AvgIpc) is 3.02. The minimum atomic E-state index is 0.158. The van der Waals surface area contributed by atoms with Crippen LogP contribution in [0.25, 0.3) is 22.2 Å². The van der Waals surface area contributed by atoms with Crippen LogP contribution in [0, 0.1) is 0 Å². The van der Waals surface area contributed by atoms with Gasteiger partial charge >= 0.3 is 0 Å². The number of hydrogen-bond donors (Lipinski definition) is 1. The van der Waals surface area contributed by atoms with Crippen molar-refractivity contribution in [2.45, 2.75) is 13.0 Å². The maximum atomic E-state index is 13.2. The van der Waals surface area contributed by atoms with E-state index in [4.69, 9.17) is 4.74 Å². The smallest absolute Gasteiger partial charge is 0.179 e. The van der Waals surface area contributed by atoms with Crippen molar-refractivity contribution in [2.24, 2.45) is 0 Å². The average molecular weight is 334 g/mol. The molecular formula is C21H22N2O2. The Balaban J connectivity index is 1.73. The third-order valence-corrected chi connectivity index (χ3v) is 4.74.